The first-order chi connectivity index (χ1) is 17.6. The average molecular weight is 482 g/mol. The molecule has 2 saturated heterocycles. The van der Waals surface area contributed by atoms with Crippen LogP contribution in [0.5, 0.6) is 0 Å². The molecular formula is C30H28FN3O2. The van der Waals surface area contributed by atoms with E-state index >= 15 is 0 Å². The van der Waals surface area contributed by atoms with Crippen molar-refractivity contribution in [3.8, 4) is 0 Å². The number of piperazine rings is 1. The van der Waals surface area contributed by atoms with Gasteiger partial charge in [0.05, 0.1) is 0 Å². The van der Waals surface area contributed by atoms with E-state index in [0.717, 1.165) is 56.0 Å². The molecule has 3 aliphatic rings. The van der Waals surface area contributed by atoms with Crippen LogP contribution in [0.1, 0.15) is 34.6 Å². The lowest BCUT2D eigenvalue weighted by Gasteiger charge is -2.37. The van der Waals surface area contributed by atoms with Gasteiger partial charge < -0.3 is 4.90 Å². The number of carbonyl (C=O) groups excluding carboxylic acids is 2. The van der Waals surface area contributed by atoms with Gasteiger partial charge in [0.1, 0.15) is 11.4 Å². The lowest BCUT2D eigenvalue weighted by atomic mass is 9.95. The van der Waals surface area contributed by atoms with Gasteiger partial charge in [-0.2, -0.15) is 0 Å². The van der Waals surface area contributed by atoms with Gasteiger partial charge in [0, 0.05) is 44.3 Å². The SMILES string of the molecule is O=C1C(=Cc2ccccc2C2c3ccccc32)C(=O)N1CCCN1CCN(c2ccc(F)cc2)CC1. The van der Waals surface area contributed by atoms with Gasteiger partial charge in [0.15, 0.2) is 0 Å². The summed E-state index contributed by atoms with van der Waals surface area (Å²) in [6.45, 7) is 4.86. The van der Waals surface area contributed by atoms with Crippen molar-refractivity contribution in [1.29, 1.82) is 0 Å². The number of imide groups is 1. The van der Waals surface area contributed by atoms with Gasteiger partial charge in [-0.05, 0) is 65.6 Å². The summed E-state index contributed by atoms with van der Waals surface area (Å²) in [6, 6.07) is 23.0. The van der Waals surface area contributed by atoms with E-state index in [-0.39, 0.29) is 29.1 Å². The number of carbonyl (C=O) groups is 2. The number of halogens is 1. The molecule has 2 amide bonds. The molecule has 0 aromatic heterocycles. The number of amides is 2. The maximum absolute atomic E-state index is 13.2. The highest BCUT2D eigenvalue weighted by atomic mass is 19.1. The first-order valence-corrected chi connectivity index (χ1v) is 12.6. The number of anilines is 1. The molecule has 0 atom stereocenters. The molecule has 0 N–H and O–H groups in total. The zero-order valence-corrected chi connectivity index (χ0v) is 20.1. The summed E-state index contributed by atoms with van der Waals surface area (Å²) in [5.41, 5.74) is 6.03. The number of nitrogens with zero attached hydrogens (tertiary/aromatic N) is 3. The molecule has 2 fully saturated rings. The van der Waals surface area contributed by atoms with Crippen molar-refractivity contribution in [1.82, 2.24) is 9.80 Å². The topological polar surface area (TPSA) is 43.9 Å². The Bertz CT molecular complexity index is 1300. The summed E-state index contributed by atoms with van der Waals surface area (Å²) in [5, 5.41) is 0. The number of hydrogen-bond acceptors (Lipinski definition) is 4. The fourth-order valence-electron chi connectivity index (χ4n) is 5.44. The van der Waals surface area contributed by atoms with Crippen LogP contribution in [0.2, 0.25) is 0 Å². The maximum atomic E-state index is 13.2. The van der Waals surface area contributed by atoms with Crippen LogP contribution in [0.25, 0.3) is 6.08 Å². The average Bonchev–Trinajstić information content (AvgIpc) is 3.65. The van der Waals surface area contributed by atoms with Crippen LogP contribution in [0, 0.1) is 5.82 Å². The second-order valence-corrected chi connectivity index (χ2v) is 9.67. The number of fused-ring (bicyclic) bond motifs is 1. The van der Waals surface area contributed by atoms with Crippen LogP contribution in [0.15, 0.2) is 78.4 Å². The molecule has 3 aromatic carbocycles. The fourth-order valence-corrected chi connectivity index (χ4v) is 5.44. The minimum atomic E-state index is -0.219. The predicted octanol–water partition coefficient (Wildman–Crippen LogP) is 4.28. The van der Waals surface area contributed by atoms with Gasteiger partial charge in [0.2, 0.25) is 0 Å². The predicted molar refractivity (Wildman–Crippen MR) is 138 cm³/mol. The standard InChI is InChI=1S/C30H28FN3O2/c31-22-10-12-23(13-11-22)33-18-16-32(17-19-33)14-5-15-34-29(35)27(30(34)36)20-21-6-1-2-7-24(21)28-25-8-3-4-9-26(25)28/h1-4,6-13,20,28H,5,14-19H2. The Labute approximate surface area is 210 Å². The molecule has 6 heteroatoms. The van der Waals surface area contributed by atoms with Crippen molar-refractivity contribution in [2.24, 2.45) is 0 Å². The highest BCUT2D eigenvalue weighted by Crippen LogP contribution is 2.49. The molecule has 0 unspecified atom stereocenters. The van der Waals surface area contributed by atoms with Crippen molar-refractivity contribution in [3.63, 3.8) is 0 Å². The first kappa shape index (κ1) is 22.7. The second kappa shape index (κ2) is 9.36. The van der Waals surface area contributed by atoms with E-state index in [1.165, 1.54) is 28.2 Å². The van der Waals surface area contributed by atoms with Gasteiger partial charge in [-0.1, -0.05) is 48.5 Å². The fraction of sp³-hybridized carbons (Fsp3) is 0.267. The van der Waals surface area contributed by atoms with Crippen LogP contribution in [0.4, 0.5) is 10.1 Å². The van der Waals surface area contributed by atoms with Crippen LogP contribution in [-0.2, 0) is 9.59 Å². The second-order valence-electron chi connectivity index (χ2n) is 9.67. The molecule has 0 bridgehead atoms. The Morgan fingerprint density at radius 1 is 0.750 bits per heavy atom. The summed E-state index contributed by atoms with van der Waals surface area (Å²) in [5.74, 6) is -0.311. The number of β-lactam (4-membered cyclic amide) rings is 2. The van der Waals surface area contributed by atoms with E-state index in [4.69, 9.17) is 0 Å². The highest BCUT2D eigenvalue weighted by Gasteiger charge is 2.41. The third kappa shape index (κ3) is 4.22. The van der Waals surface area contributed by atoms with Crippen LogP contribution in [0.3, 0.4) is 0 Å². The van der Waals surface area contributed by atoms with Crippen molar-refractivity contribution in [3.05, 3.63) is 106 Å². The Hall–Kier alpha value is -3.77. The lowest BCUT2D eigenvalue weighted by Crippen LogP contribution is -2.52. The third-order valence-corrected chi connectivity index (χ3v) is 7.51. The smallest absolute Gasteiger partial charge is 0.266 e. The van der Waals surface area contributed by atoms with Gasteiger partial charge in [0.25, 0.3) is 11.8 Å². The zero-order valence-electron chi connectivity index (χ0n) is 20.1. The van der Waals surface area contributed by atoms with Crippen molar-refractivity contribution in [2.45, 2.75) is 12.3 Å². The van der Waals surface area contributed by atoms with E-state index in [2.05, 4.69) is 28.0 Å². The van der Waals surface area contributed by atoms with Crippen molar-refractivity contribution >= 4 is 23.6 Å². The van der Waals surface area contributed by atoms with Gasteiger partial charge >= 0.3 is 0 Å². The monoisotopic (exact) mass is 481 g/mol. The first-order valence-electron chi connectivity index (χ1n) is 12.6. The van der Waals surface area contributed by atoms with Crippen LogP contribution >= 0.6 is 0 Å². The van der Waals surface area contributed by atoms with Crippen molar-refractivity contribution in [2.75, 3.05) is 44.2 Å². The number of hydrogen-bond donors (Lipinski definition) is 0. The minimum Gasteiger partial charge on any atom is -0.369 e. The normalized spacial score (nSPS) is 17.8. The maximum Gasteiger partial charge on any atom is 0.266 e. The van der Waals surface area contributed by atoms with Gasteiger partial charge in [-0.25, -0.2) is 4.39 Å². The highest BCUT2D eigenvalue weighted by molar-refractivity contribution is 6.36. The van der Waals surface area contributed by atoms with Crippen molar-refractivity contribution < 1.29 is 14.0 Å². The summed E-state index contributed by atoms with van der Waals surface area (Å²) in [4.78, 5) is 31.6. The van der Waals surface area contributed by atoms with Crippen LogP contribution < -0.4 is 4.90 Å². The molecule has 2 aliphatic heterocycles. The quantitative estimate of drug-likeness (QED) is 0.225. The van der Waals surface area contributed by atoms with E-state index in [1.807, 2.05) is 42.5 Å². The number of benzene rings is 3. The summed E-state index contributed by atoms with van der Waals surface area (Å²) < 4.78 is 13.2. The summed E-state index contributed by atoms with van der Waals surface area (Å²) in [7, 11) is 0. The molecule has 2 heterocycles. The molecule has 3 aromatic rings. The molecule has 182 valence electrons. The molecule has 6 rings (SSSR count). The lowest BCUT2D eigenvalue weighted by molar-refractivity contribution is -0.149. The molecule has 0 saturated carbocycles. The van der Waals surface area contributed by atoms with E-state index in [0.29, 0.717) is 6.54 Å². The molecule has 5 nitrogen and oxygen atoms in total. The molecule has 0 radical (unpaired) electrons. The Morgan fingerprint density at radius 2 is 1.36 bits per heavy atom. The zero-order chi connectivity index (χ0) is 24.6. The Balaban J connectivity index is 1.01. The summed E-state index contributed by atoms with van der Waals surface area (Å²) >= 11 is 0. The van der Waals surface area contributed by atoms with E-state index < -0.39 is 0 Å². The van der Waals surface area contributed by atoms with E-state index in [9.17, 15) is 14.0 Å². The Morgan fingerprint density at radius 3 is 2.03 bits per heavy atom. The molecular weight excluding hydrogens is 453 g/mol. The number of likely N-dealkylation sites (tertiary alicyclic amines) is 1. The third-order valence-electron chi connectivity index (χ3n) is 7.51. The van der Waals surface area contributed by atoms with Gasteiger partial charge in [-0.3, -0.25) is 19.4 Å². The van der Waals surface area contributed by atoms with E-state index in [1.54, 1.807) is 6.08 Å². The molecule has 36 heavy (non-hydrogen) atoms. The largest absolute Gasteiger partial charge is 0.369 e. The van der Waals surface area contributed by atoms with Gasteiger partial charge in [-0.15, -0.1) is 0 Å². The molecule has 0 spiro atoms. The molecule has 1 aliphatic carbocycles. The summed E-state index contributed by atoms with van der Waals surface area (Å²) in [6.07, 6.45) is 2.53. The Kier molecular flexibility index (Phi) is 5.89. The number of rotatable bonds is 7. The van der Waals surface area contributed by atoms with Crippen LogP contribution in [-0.4, -0.2) is 60.9 Å². The minimum absolute atomic E-state index is 0.177.